The van der Waals surface area contributed by atoms with Crippen molar-refractivity contribution in [3.8, 4) is 0 Å². The molecule has 14 heavy (non-hydrogen) atoms. The third kappa shape index (κ3) is 2.96. The van der Waals surface area contributed by atoms with Crippen LogP contribution in [0.2, 0.25) is 0 Å². The fraction of sp³-hybridized carbons (Fsp3) is 0.833. The summed E-state index contributed by atoms with van der Waals surface area (Å²) in [5.74, 6) is -3.27. The molecule has 7 N–H and O–H groups in total. The highest BCUT2D eigenvalue weighted by Gasteiger charge is 2.42. The number of aliphatic hydroxyl groups excluding tert-OH is 4. The predicted molar refractivity (Wildman–Crippen MR) is 39.5 cm³/mol. The van der Waals surface area contributed by atoms with Gasteiger partial charge in [-0.3, -0.25) is 4.79 Å². The molecule has 84 valence electrons. The van der Waals surface area contributed by atoms with Gasteiger partial charge in [0, 0.05) is 0 Å². The van der Waals surface area contributed by atoms with Crippen LogP contribution in [0.3, 0.4) is 0 Å². The molecule has 0 bridgehead atoms. The number of rotatable bonds is 5. The van der Waals surface area contributed by atoms with Crippen molar-refractivity contribution in [3.63, 3.8) is 0 Å². The van der Waals surface area contributed by atoms with Crippen molar-refractivity contribution in [3.05, 3.63) is 0 Å². The van der Waals surface area contributed by atoms with Crippen molar-refractivity contribution in [1.29, 1.82) is 0 Å². The molecule has 3 unspecified atom stereocenters. The number of carbonyl (C=O) groups excluding carboxylic acids is 1. The highest BCUT2D eigenvalue weighted by Crippen LogP contribution is 2.12. The van der Waals surface area contributed by atoms with Gasteiger partial charge in [0.25, 0.3) is 5.79 Å². The van der Waals surface area contributed by atoms with Crippen molar-refractivity contribution in [2.45, 2.75) is 30.4 Å². The van der Waals surface area contributed by atoms with Crippen LogP contribution < -0.4 is 0 Å². The summed E-state index contributed by atoms with van der Waals surface area (Å²) in [6.07, 6.45) is -9.85. The molecule has 0 radical (unpaired) electrons. The molecule has 8 heteroatoms. The van der Waals surface area contributed by atoms with Gasteiger partial charge in [-0.15, -0.1) is 0 Å². The topological polar surface area (TPSA) is 159 Å². The summed E-state index contributed by atoms with van der Waals surface area (Å²) in [4.78, 5) is 9.99. The Hall–Kier alpha value is -0.610. The van der Waals surface area contributed by atoms with E-state index in [4.69, 9.17) is 35.7 Å². The molecule has 0 saturated carbocycles. The van der Waals surface area contributed by atoms with Gasteiger partial charge in [-0.1, -0.05) is 0 Å². The fourth-order valence-electron chi connectivity index (χ4n) is 0.684. The van der Waals surface area contributed by atoms with E-state index in [1.54, 1.807) is 0 Å². The van der Waals surface area contributed by atoms with Gasteiger partial charge >= 0.3 is 0 Å². The van der Waals surface area contributed by atoms with Crippen LogP contribution in [0.5, 0.6) is 0 Å². The van der Waals surface area contributed by atoms with Crippen molar-refractivity contribution >= 4 is 6.29 Å². The molecular formula is C6H12O8. The molecule has 0 aromatic heterocycles. The quantitative estimate of drug-likeness (QED) is 0.177. The first-order valence-electron chi connectivity index (χ1n) is 3.55. The maximum Gasteiger partial charge on any atom is 0.250 e. The van der Waals surface area contributed by atoms with E-state index in [1.807, 2.05) is 0 Å². The second-order valence-electron chi connectivity index (χ2n) is 2.74. The highest BCUT2D eigenvalue weighted by atomic mass is 16.5. The summed E-state index contributed by atoms with van der Waals surface area (Å²) in [5, 5.41) is 60.7. The average molecular weight is 212 g/mol. The van der Waals surface area contributed by atoms with Gasteiger partial charge in [0.2, 0.25) is 0 Å². The van der Waals surface area contributed by atoms with E-state index in [0.717, 1.165) is 0 Å². The molecule has 0 aliphatic carbocycles. The van der Waals surface area contributed by atoms with Gasteiger partial charge in [0.1, 0.15) is 18.3 Å². The molecule has 0 spiro atoms. The number of carbonyl (C=O) groups is 1. The molecular weight excluding hydrogens is 200 g/mol. The van der Waals surface area contributed by atoms with E-state index in [9.17, 15) is 4.79 Å². The second kappa shape index (κ2) is 4.75. The standard InChI is InChI=1S/C6H12O8/c7-1-6(13,14)4(10)2(8)3(9)5(11)12/h1-5,8-14H. The average Bonchev–Trinajstić information content (AvgIpc) is 2.14. The lowest BCUT2D eigenvalue weighted by molar-refractivity contribution is -0.252. The highest BCUT2D eigenvalue weighted by molar-refractivity contribution is 5.60. The largest absolute Gasteiger partial charge is 0.387 e. The van der Waals surface area contributed by atoms with E-state index in [1.165, 1.54) is 0 Å². The predicted octanol–water partition coefficient (Wildman–Crippen LogP) is -4.74. The lowest BCUT2D eigenvalue weighted by Crippen LogP contribution is -2.56. The first kappa shape index (κ1) is 13.4. The summed E-state index contributed by atoms with van der Waals surface area (Å²) >= 11 is 0. The molecule has 0 saturated heterocycles. The second-order valence-corrected chi connectivity index (χ2v) is 2.74. The van der Waals surface area contributed by atoms with Gasteiger partial charge < -0.3 is 35.7 Å². The maximum absolute atomic E-state index is 9.99. The minimum Gasteiger partial charge on any atom is -0.387 e. The number of aliphatic hydroxyl groups is 7. The van der Waals surface area contributed by atoms with E-state index < -0.39 is 36.7 Å². The molecule has 0 heterocycles. The van der Waals surface area contributed by atoms with Gasteiger partial charge in [0.05, 0.1) is 0 Å². The van der Waals surface area contributed by atoms with Crippen LogP contribution in [0, 0.1) is 0 Å². The number of aldehydes is 1. The molecule has 0 fully saturated rings. The van der Waals surface area contributed by atoms with E-state index >= 15 is 0 Å². The van der Waals surface area contributed by atoms with Gasteiger partial charge in [0.15, 0.2) is 12.6 Å². The van der Waals surface area contributed by atoms with E-state index in [2.05, 4.69) is 0 Å². The maximum atomic E-state index is 9.99. The molecule has 3 atom stereocenters. The molecule has 0 amide bonds. The normalized spacial score (nSPS) is 19.1. The van der Waals surface area contributed by atoms with Crippen molar-refractivity contribution < 1.29 is 40.5 Å². The van der Waals surface area contributed by atoms with E-state index in [0.29, 0.717) is 0 Å². The van der Waals surface area contributed by atoms with Crippen LogP contribution in [0.4, 0.5) is 0 Å². The minimum absolute atomic E-state index is 0.475. The first-order chi connectivity index (χ1) is 6.24. The molecule has 8 nitrogen and oxygen atoms in total. The van der Waals surface area contributed by atoms with Crippen LogP contribution in [0.25, 0.3) is 0 Å². The van der Waals surface area contributed by atoms with Crippen LogP contribution in [0.15, 0.2) is 0 Å². The van der Waals surface area contributed by atoms with Crippen molar-refractivity contribution in [2.75, 3.05) is 0 Å². The zero-order valence-electron chi connectivity index (χ0n) is 6.93. The Bertz CT molecular complexity index is 190. The van der Waals surface area contributed by atoms with Crippen LogP contribution >= 0.6 is 0 Å². The zero-order chi connectivity index (χ0) is 11.5. The Morgan fingerprint density at radius 2 is 1.36 bits per heavy atom. The summed E-state index contributed by atoms with van der Waals surface area (Å²) in [5.41, 5.74) is 0. The van der Waals surface area contributed by atoms with Crippen LogP contribution in [-0.4, -0.2) is 72.4 Å². The van der Waals surface area contributed by atoms with Crippen LogP contribution in [-0.2, 0) is 4.79 Å². The fourth-order valence-corrected chi connectivity index (χ4v) is 0.684. The van der Waals surface area contributed by atoms with Gasteiger partial charge in [-0.2, -0.15) is 0 Å². The summed E-state index contributed by atoms with van der Waals surface area (Å²) < 4.78 is 0. The summed E-state index contributed by atoms with van der Waals surface area (Å²) in [7, 11) is 0. The van der Waals surface area contributed by atoms with Crippen molar-refractivity contribution in [2.24, 2.45) is 0 Å². The Balaban J connectivity index is 4.53. The molecule has 0 aromatic carbocycles. The smallest absolute Gasteiger partial charge is 0.250 e. The minimum atomic E-state index is -3.27. The van der Waals surface area contributed by atoms with E-state index in [-0.39, 0.29) is 0 Å². The lowest BCUT2D eigenvalue weighted by Gasteiger charge is -2.29. The van der Waals surface area contributed by atoms with Crippen molar-refractivity contribution in [1.82, 2.24) is 0 Å². The molecule has 0 aliphatic rings. The van der Waals surface area contributed by atoms with Gasteiger partial charge in [-0.05, 0) is 0 Å². The summed E-state index contributed by atoms with van der Waals surface area (Å²) in [6, 6.07) is 0. The Morgan fingerprint density at radius 3 is 1.64 bits per heavy atom. The first-order valence-corrected chi connectivity index (χ1v) is 3.55. The van der Waals surface area contributed by atoms with Gasteiger partial charge in [-0.25, -0.2) is 0 Å². The Morgan fingerprint density at radius 1 is 0.929 bits per heavy atom. The number of hydrogen-bond acceptors (Lipinski definition) is 8. The molecule has 0 rings (SSSR count). The monoisotopic (exact) mass is 212 g/mol. The molecule has 0 aliphatic heterocycles. The van der Waals surface area contributed by atoms with Crippen LogP contribution in [0.1, 0.15) is 0 Å². The SMILES string of the molecule is O=CC(O)(O)C(O)C(O)C(O)C(O)O. The number of hydrogen-bond donors (Lipinski definition) is 7. The third-order valence-electron chi connectivity index (χ3n) is 1.59. The lowest BCUT2D eigenvalue weighted by atomic mass is 10.0. The summed E-state index contributed by atoms with van der Waals surface area (Å²) in [6.45, 7) is 0. The Kier molecular flexibility index (Phi) is 4.55. The zero-order valence-corrected chi connectivity index (χ0v) is 6.93. The third-order valence-corrected chi connectivity index (χ3v) is 1.59. The Labute approximate surface area is 78.3 Å². The molecule has 0 aromatic rings.